The molecule has 0 spiro atoms. The Morgan fingerprint density at radius 2 is 1.33 bits per heavy atom. The number of aromatic carboxylic acids is 1. The first-order valence-corrected chi connectivity index (χ1v) is 11.3. The summed E-state index contributed by atoms with van der Waals surface area (Å²) >= 11 is 0. The highest BCUT2D eigenvalue weighted by Gasteiger charge is 2.15. The van der Waals surface area contributed by atoms with Crippen molar-refractivity contribution in [1.29, 1.82) is 0 Å². The number of anilines is 2. The molecule has 0 heterocycles. The number of carboxylic acid groups (broad SMARTS) is 1. The first-order valence-electron chi connectivity index (χ1n) is 11.3. The molecule has 3 rings (SSSR count). The summed E-state index contributed by atoms with van der Waals surface area (Å²) in [6.45, 7) is 16.0. The van der Waals surface area contributed by atoms with Crippen LogP contribution in [0.3, 0.4) is 0 Å². The van der Waals surface area contributed by atoms with Crippen LogP contribution in [0.4, 0.5) is 16.2 Å². The number of nitrogens with zero attached hydrogens (tertiary/aromatic N) is 1. The van der Waals surface area contributed by atoms with Gasteiger partial charge < -0.3 is 20.6 Å². The number of benzene rings is 3. The van der Waals surface area contributed by atoms with E-state index < -0.39 is 12.0 Å². The molecule has 3 aromatic carbocycles. The van der Waals surface area contributed by atoms with E-state index in [1.165, 1.54) is 19.6 Å². The van der Waals surface area contributed by atoms with Crippen molar-refractivity contribution in [2.24, 2.45) is 0 Å². The van der Waals surface area contributed by atoms with Gasteiger partial charge in [-0.25, -0.2) is 9.59 Å². The summed E-state index contributed by atoms with van der Waals surface area (Å²) in [5.74, 6) is -1.09. The topological polar surface area (TPSA) is 81.7 Å². The third-order valence-electron chi connectivity index (χ3n) is 5.62. The van der Waals surface area contributed by atoms with Crippen LogP contribution in [0.25, 0.3) is 10.8 Å². The zero-order valence-corrected chi connectivity index (χ0v) is 20.5. The van der Waals surface area contributed by atoms with Crippen LogP contribution in [0.1, 0.15) is 47.8 Å². The van der Waals surface area contributed by atoms with Crippen LogP contribution >= 0.6 is 0 Å². The predicted octanol–water partition coefficient (Wildman–Crippen LogP) is 6.46. The van der Waals surface area contributed by atoms with E-state index in [4.69, 9.17) is 0 Å². The SMILES string of the molecule is CCN(CC)CC.Cc1cc(C)c(NC(=O)Nc2cc3ccccc3cc2C(=O)O)c(C)c1. The summed E-state index contributed by atoms with van der Waals surface area (Å²) in [6, 6.07) is 14.2. The summed E-state index contributed by atoms with van der Waals surface area (Å²) in [4.78, 5) is 26.4. The Hall–Kier alpha value is -3.38. The van der Waals surface area contributed by atoms with E-state index in [1.807, 2.05) is 57.2 Å². The Bertz CT molecular complexity index is 1090. The molecule has 0 saturated heterocycles. The van der Waals surface area contributed by atoms with E-state index >= 15 is 0 Å². The van der Waals surface area contributed by atoms with Gasteiger partial charge in [-0.3, -0.25) is 0 Å². The summed E-state index contributed by atoms with van der Waals surface area (Å²) in [5.41, 5.74) is 4.07. The molecule has 0 unspecified atom stereocenters. The average molecular weight is 450 g/mol. The van der Waals surface area contributed by atoms with Crippen LogP contribution in [0, 0.1) is 20.8 Å². The largest absolute Gasteiger partial charge is 0.478 e. The van der Waals surface area contributed by atoms with Gasteiger partial charge >= 0.3 is 12.0 Å². The van der Waals surface area contributed by atoms with Crippen molar-refractivity contribution in [3.63, 3.8) is 0 Å². The standard InChI is InChI=1S/C21H20N2O3.C6H15N/c1-12-8-13(2)19(14(3)9-12)23-21(26)22-18-11-16-7-5-4-6-15(16)10-17(18)20(24)25;1-4-7(5-2)6-3/h4-11H,1-3H3,(H,24,25)(H2,22,23,26);4-6H2,1-3H3. The summed E-state index contributed by atoms with van der Waals surface area (Å²) in [6.07, 6.45) is 0. The molecule has 0 saturated carbocycles. The molecule has 33 heavy (non-hydrogen) atoms. The Morgan fingerprint density at radius 3 is 1.79 bits per heavy atom. The molecular formula is C27H35N3O3. The number of hydrogen-bond acceptors (Lipinski definition) is 3. The van der Waals surface area contributed by atoms with Gasteiger partial charge in [0.15, 0.2) is 0 Å². The van der Waals surface area contributed by atoms with Gasteiger partial charge in [0.25, 0.3) is 0 Å². The number of carbonyl (C=O) groups excluding carboxylic acids is 1. The Morgan fingerprint density at radius 1 is 0.818 bits per heavy atom. The van der Waals surface area contributed by atoms with E-state index in [2.05, 4.69) is 36.3 Å². The molecule has 0 aliphatic heterocycles. The molecule has 176 valence electrons. The molecule has 6 heteroatoms. The van der Waals surface area contributed by atoms with Crippen LogP contribution in [0.15, 0.2) is 48.5 Å². The zero-order valence-electron chi connectivity index (χ0n) is 20.5. The molecule has 0 aromatic heterocycles. The molecule has 0 atom stereocenters. The van der Waals surface area contributed by atoms with Gasteiger partial charge in [0.2, 0.25) is 0 Å². The van der Waals surface area contributed by atoms with Crippen molar-refractivity contribution in [3.8, 4) is 0 Å². The predicted molar refractivity (Wildman–Crippen MR) is 138 cm³/mol. The van der Waals surface area contributed by atoms with Gasteiger partial charge in [-0.2, -0.15) is 0 Å². The number of carboxylic acids is 1. The van der Waals surface area contributed by atoms with Crippen molar-refractivity contribution in [3.05, 3.63) is 70.8 Å². The molecule has 3 aromatic rings. The van der Waals surface area contributed by atoms with Crippen molar-refractivity contribution in [2.45, 2.75) is 41.5 Å². The normalized spacial score (nSPS) is 10.5. The van der Waals surface area contributed by atoms with E-state index in [1.54, 1.807) is 12.1 Å². The lowest BCUT2D eigenvalue weighted by Crippen LogP contribution is -2.22. The van der Waals surface area contributed by atoms with Gasteiger partial charge in [0.1, 0.15) is 0 Å². The highest BCUT2D eigenvalue weighted by Crippen LogP contribution is 2.26. The van der Waals surface area contributed by atoms with Gasteiger partial charge in [-0.05, 0) is 74.4 Å². The number of fused-ring (bicyclic) bond motifs is 1. The molecule has 0 fully saturated rings. The van der Waals surface area contributed by atoms with Crippen LogP contribution in [0.2, 0.25) is 0 Å². The smallest absolute Gasteiger partial charge is 0.337 e. The first-order chi connectivity index (χ1) is 15.7. The van der Waals surface area contributed by atoms with Crippen molar-refractivity contribution in [2.75, 3.05) is 30.3 Å². The lowest BCUT2D eigenvalue weighted by Gasteiger charge is -2.15. The minimum Gasteiger partial charge on any atom is -0.478 e. The maximum Gasteiger partial charge on any atom is 0.337 e. The number of hydrogen-bond donors (Lipinski definition) is 3. The van der Waals surface area contributed by atoms with Crippen LogP contribution in [-0.4, -0.2) is 41.6 Å². The van der Waals surface area contributed by atoms with Gasteiger partial charge in [-0.15, -0.1) is 0 Å². The molecular weight excluding hydrogens is 414 g/mol. The van der Waals surface area contributed by atoms with Gasteiger partial charge in [-0.1, -0.05) is 62.7 Å². The monoisotopic (exact) mass is 449 g/mol. The highest BCUT2D eigenvalue weighted by molar-refractivity contribution is 6.08. The van der Waals surface area contributed by atoms with E-state index in [-0.39, 0.29) is 11.3 Å². The average Bonchev–Trinajstić information content (AvgIpc) is 2.77. The molecule has 0 aliphatic rings. The van der Waals surface area contributed by atoms with Crippen molar-refractivity contribution >= 4 is 34.1 Å². The molecule has 0 radical (unpaired) electrons. The Labute approximate surface area is 196 Å². The fourth-order valence-electron chi connectivity index (χ4n) is 3.84. The first kappa shape index (κ1) is 25.9. The lowest BCUT2D eigenvalue weighted by atomic mass is 10.0. The minimum atomic E-state index is -1.09. The van der Waals surface area contributed by atoms with E-state index in [0.717, 1.165) is 33.2 Å². The maximum absolute atomic E-state index is 12.5. The zero-order chi connectivity index (χ0) is 24.5. The Kier molecular flexibility index (Phi) is 9.43. The van der Waals surface area contributed by atoms with Crippen LogP contribution in [0.5, 0.6) is 0 Å². The van der Waals surface area contributed by atoms with E-state index in [9.17, 15) is 14.7 Å². The molecule has 2 amide bonds. The second kappa shape index (κ2) is 12.0. The second-order valence-corrected chi connectivity index (χ2v) is 8.02. The van der Waals surface area contributed by atoms with Gasteiger partial charge in [0.05, 0.1) is 11.3 Å². The molecule has 6 nitrogen and oxygen atoms in total. The highest BCUT2D eigenvalue weighted by atomic mass is 16.4. The second-order valence-electron chi connectivity index (χ2n) is 8.02. The van der Waals surface area contributed by atoms with Crippen LogP contribution < -0.4 is 10.6 Å². The third kappa shape index (κ3) is 7.05. The fraction of sp³-hybridized carbons (Fsp3) is 0.333. The quantitative estimate of drug-likeness (QED) is 0.404. The molecule has 0 aliphatic carbocycles. The number of carbonyl (C=O) groups is 2. The van der Waals surface area contributed by atoms with Gasteiger partial charge in [0, 0.05) is 5.69 Å². The minimum absolute atomic E-state index is 0.0520. The number of urea groups is 1. The molecule has 0 bridgehead atoms. The van der Waals surface area contributed by atoms with E-state index in [0.29, 0.717) is 0 Å². The number of amides is 2. The third-order valence-corrected chi connectivity index (χ3v) is 5.62. The maximum atomic E-state index is 12.5. The molecule has 3 N–H and O–H groups in total. The lowest BCUT2D eigenvalue weighted by molar-refractivity contribution is 0.0698. The van der Waals surface area contributed by atoms with Crippen LogP contribution in [-0.2, 0) is 0 Å². The number of nitrogens with one attached hydrogen (secondary N) is 2. The summed E-state index contributed by atoms with van der Waals surface area (Å²) < 4.78 is 0. The summed E-state index contributed by atoms with van der Waals surface area (Å²) in [7, 11) is 0. The van der Waals surface area contributed by atoms with Crippen molar-refractivity contribution < 1.29 is 14.7 Å². The summed E-state index contributed by atoms with van der Waals surface area (Å²) in [5, 5.41) is 16.6. The Balaban J connectivity index is 0.000000479. The fourth-order valence-corrected chi connectivity index (χ4v) is 3.84. The number of rotatable bonds is 6. The number of aryl methyl sites for hydroxylation is 3. The van der Waals surface area contributed by atoms with Crippen molar-refractivity contribution in [1.82, 2.24) is 4.90 Å².